The van der Waals surface area contributed by atoms with Crippen LogP contribution >= 0.6 is 0 Å². The van der Waals surface area contributed by atoms with Crippen molar-refractivity contribution in [2.75, 3.05) is 27.8 Å². The lowest BCUT2D eigenvalue weighted by Gasteiger charge is -2.21. The molecule has 0 fully saturated rings. The van der Waals surface area contributed by atoms with Gasteiger partial charge in [-0.15, -0.1) is 0 Å². The maximum absolute atomic E-state index is 12.1. The Kier molecular flexibility index (Phi) is 4.24. The number of rotatable bonds is 4. The molecule has 4 nitrogen and oxygen atoms in total. The third-order valence-corrected chi connectivity index (χ3v) is 4.41. The molecule has 0 N–H and O–H groups in total. The molecule has 23 heavy (non-hydrogen) atoms. The molecule has 0 spiro atoms. The van der Waals surface area contributed by atoms with Crippen LogP contribution in [0.15, 0.2) is 36.4 Å². The fraction of sp³-hybridized carbons (Fsp3) is 0.316. The van der Waals surface area contributed by atoms with Crippen LogP contribution in [0.5, 0.6) is 17.2 Å². The Morgan fingerprint density at radius 3 is 2.48 bits per heavy atom. The van der Waals surface area contributed by atoms with E-state index in [2.05, 4.69) is 23.8 Å². The fourth-order valence-corrected chi connectivity index (χ4v) is 3.03. The van der Waals surface area contributed by atoms with Crippen LogP contribution < -0.4 is 14.6 Å². The quantitative estimate of drug-likeness (QED) is 0.811. The maximum Gasteiger partial charge on any atom is 0.187 e. The molecular weight excluding hydrogens is 290 g/mol. The van der Waals surface area contributed by atoms with Gasteiger partial charge in [-0.25, -0.2) is 4.58 Å². The molecule has 4 heteroatoms. The predicted molar refractivity (Wildman–Crippen MR) is 88.0 cm³/mol. The normalized spacial score (nSPS) is 13.7. The summed E-state index contributed by atoms with van der Waals surface area (Å²) < 4.78 is 12.6. The molecule has 0 aromatic heterocycles. The van der Waals surface area contributed by atoms with Gasteiger partial charge in [-0.3, -0.25) is 0 Å². The van der Waals surface area contributed by atoms with Crippen LogP contribution in [-0.2, 0) is 12.8 Å². The van der Waals surface area contributed by atoms with Crippen LogP contribution in [0.3, 0.4) is 0 Å². The van der Waals surface area contributed by atoms with Crippen LogP contribution in [0.1, 0.15) is 16.7 Å². The molecule has 120 valence electrons. The number of nitrogens with zero attached hydrogens (tertiary/aromatic N) is 1. The smallest absolute Gasteiger partial charge is 0.187 e. The molecule has 0 aliphatic carbocycles. The average molecular weight is 311 g/mol. The van der Waals surface area contributed by atoms with E-state index in [0.29, 0.717) is 5.75 Å². The molecule has 3 rings (SSSR count). The summed E-state index contributed by atoms with van der Waals surface area (Å²) in [6.45, 7) is 0.944. The monoisotopic (exact) mass is 311 g/mol. The largest absolute Gasteiger partial charge is 0.870 e. The first kappa shape index (κ1) is 15.4. The topological polar surface area (TPSA) is 44.5 Å². The lowest BCUT2D eigenvalue weighted by molar-refractivity contribution is -0.498. The standard InChI is InChI=1S/C19H21NO3/c1-20-9-8-14-11-19(23-3)18(21)12-16(14)17(20)10-13-4-6-15(22-2)7-5-13/h4-7,11-12H,8-10H2,1-3H3. The van der Waals surface area contributed by atoms with Gasteiger partial charge < -0.3 is 14.6 Å². The first-order chi connectivity index (χ1) is 11.1. The van der Waals surface area contributed by atoms with Crippen molar-refractivity contribution >= 4 is 5.71 Å². The molecule has 2 aromatic carbocycles. The van der Waals surface area contributed by atoms with E-state index < -0.39 is 0 Å². The molecule has 0 atom stereocenters. The molecule has 1 aliphatic heterocycles. The molecule has 0 saturated carbocycles. The van der Waals surface area contributed by atoms with Gasteiger partial charge in [0.2, 0.25) is 0 Å². The first-order valence-corrected chi connectivity index (χ1v) is 7.70. The van der Waals surface area contributed by atoms with Gasteiger partial charge in [0, 0.05) is 12.0 Å². The first-order valence-electron chi connectivity index (χ1n) is 7.70. The van der Waals surface area contributed by atoms with Crippen molar-refractivity contribution in [2.24, 2.45) is 0 Å². The Bertz CT molecular complexity index is 748. The molecule has 0 bridgehead atoms. The number of hydrogen-bond donors (Lipinski definition) is 0. The summed E-state index contributed by atoms with van der Waals surface area (Å²) in [7, 11) is 5.29. The van der Waals surface area contributed by atoms with E-state index in [0.717, 1.165) is 30.7 Å². The number of hydrogen-bond acceptors (Lipinski definition) is 3. The van der Waals surface area contributed by atoms with Crippen molar-refractivity contribution in [1.29, 1.82) is 0 Å². The van der Waals surface area contributed by atoms with E-state index in [1.807, 2.05) is 18.2 Å². The number of benzene rings is 2. The summed E-state index contributed by atoms with van der Waals surface area (Å²) in [4.78, 5) is 0. The average Bonchev–Trinajstić information content (AvgIpc) is 2.58. The number of methoxy groups -OCH3 is 2. The van der Waals surface area contributed by atoms with E-state index in [4.69, 9.17) is 9.47 Å². The molecule has 2 aromatic rings. The minimum Gasteiger partial charge on any atom is -0.870 e. The lowest BCUT2D eigenvalue weighted by atomic mass is 9.92. The number of fused-ring (bicyclic) bond motifs is 1. The summed E-state index contributed by atoms with van der Waals surface area (Å²) in [6.07, 6.45) is 1.72. The van der Waals surface area contributed by atoms with Gasteiger partial charge in [0.15, 0.2) is 5.71 Å². The zero-order valence-corrected chi connectivity index (χ0v) is 13.8. The van der Waals surface area contributed by atoms with Gasteiger partial charge in [-0.1, -0.05) is 23.9 Å². The van der Waals surface area contributed by atoms with Crippen LogP contribution in [0.25, 0.3) is 0 Å². The van der Waals surface area contributed by atoms with Crippen molar-refractivity contribution in [2.45, 2.75) is 12.8 Å². The fourth-order valence-electron chi connectivity index (χ4n) is 3.03. The molecule has 1 heterocycles. The van der Waals surface area contributed by atoms with E-state index >= 15 is 0 Å². The highest BCUT2D eigenvalue weighted by Crippen LogP contribution is 2.30. The van der Waals surface area contributed by atoms with E-state index in [-0.39, 0.29) is 5.75 Å². The second-order valence-corrected chi connectivity index (χ2v) is 5.80. The van der Waals surface area contributed by atoms with E-state index in [1.165, 1.54) is 16.8 Å². The molecular formula is C19H21NO3. The summed E-state index contributed by atoms with van der Waals surface area (Å²) >= 11 is 0. The number of ether oxygens (including phenoxy) is 2. The van der Waals surface area contributed by atoms with E-state index in [9.17, 15) is 5.11 Å². The van der Waals surface area contributed by atoms with Gasteiger partial charge in [-0.2, -0.15) is 0 Å². The highest BCUT2D eigenvalue weighted by Gasteiger charge is 2.24. The molecule has 0 amide bonds. The van der Waals surface area contributed by atoms with Gasteiger partial charge in [-0.05, 0) is 29.3 Å². The van der Waals surface area contributed by atoms with Crippen LogP contribution in [-0.4, -0.2) is 38.1 Å². The highest BCUT2D eigenvalue weighted by molar-refractivity contribution is 6.00. The van der Waals surface area contributed by atoms with Gasteiger partial charge >= 0.3 is 0 Å². The van der Waals surface area contributed by atoms with Crippen molar-refractivity contribution in [3.63, 3.8) is 0 Å². The van der Waals surface area contributed by atoms with Crippen molar-refractivity contribution in [1.82, 2.24) is 0 Å². The summed E-state index contributed by atoms with van der Waals surface area (Å²) in [5.41, 5.74) is 4.60. The van der Waals surface area contributed by atoms with Gasteiger partial charge in [0.05, 0.1) is 20.6 Å². The molecule has 0 unspecified atom stereocenters. The Morgan fingerprint density at radius 2 is 1.83 bits per heavy atom. The minimum absolute atomic E-state index is 0.0613. The highest BCUT2D eigenvalue weighted by atomic mass is 16.5. The molecule has 0 saturated heterocycles. The van der Waals surface area contributed by atoms with Crippen molar-refractivity contribution in [3.05, 3.63) is 53.1 Å². The van der Waals surface area contributed by atoms with E-state index in [1.54, 1.807) is 20.3 Å². The summed E-state index contributed by atoms with van der Waals surface area (Å²) in [5.74, 6) is 1.22. The Morgan fingerprint density at radius 1 is 1.09 bits per heavy atom. The summed E-state index contributed by atoms with van der Waals surface area (Å²) in [6, 6.07) is 11.7. The summed E-state index contributed by atoms with van der Waals surface area (Å²) in [5, 5.41) is 12.1. The maximum atomic E-state index is 12.1. The number of likely N-dealkylation sites (N-methyl/N-ethyl adjacent to an activating group) is 1. The second kappa shape index (κ2) is 6.32. The minimum atomic E-state index is -0.0613. The third kappa shape index (κ3) is 3.02. The second-order valence-electron chi connectivity index (χ2n) is 5.80. The Labute approximate surface area is 136 Å². The Balaban J connectivity index is 1.97. The lowest BCUT2D eigenvalue weighted by Crippen LogP contribution is -2.29. The molecule has 1 aliphatic rings. The van der Waals surface area contributed by atoms with Gasteiger partial charge in [0.1, 0.15) is 25.1 Å². The third-order valence-electron chi connectivity index (χ3n) is 4.41. The zero-order chi connectivity index (χ0) is 16.4. The van der Waals surface area contributed by atoms with Crippen LogP contribution in [0.4, 0.5) is 0 Å². The van der Waals surface area contributed by atoms with Crippen molar-refractivity contribution < 1.29 is 19.2 Å². The zero-order valence-electron chi connectivity index (χ0n) is 13.8. The van der Waals surface area contributed by atoms with Crippen LogP contribution in [0, 0.1) is 0 Å². The SMILES string of the molecule is COc1ccc(CC2=[N+](C)CCc3cc(OC)c([O-])cc32)cc1. The van der Waals surface area contributed by atoms with Crippen molar-refractivity contribution in [3.8, 4) is 17.2 Å². The molecule has 0 radical (unpaired) electrons. The van der Waals surface area contributed by atoms with Crippen LogP contribution in [0.2, 0.25) is 0 Å². The van der Waals surface area contributed by atoms with Gasteiger partial charge in [0.25, 0.3) is 0 Å². The predicted octanol–water partition coefficient (Wildman–Crippen LogP) is 2.01. The Hall–Kier alpha value is -2.49.